The van der Waals surface area contributed by atoms with Gasteiger partial charge in [0.2, 0.25) is 0 Å². The molecule has 8 heteroatoms. The number of imide groups is 1. The molecule has 3 rings (SSSR count). The van der Waals surface area contributed by atoms with Gasteiger partial charge in [-0.05, 0) is 31.4 Å². The largest absolute Gasteiger partial charge is 0.454 e. The van der Waals surface area contributed by atoms with Crippen LogP contribution in [0.5, 0.6) is 0 Å². The molecular weight excluding hydrogens is 338 g/mol. The van der Waals surface area contributed by atoms with Gasteiger partial charge in [0.1, 0.15) is 12.1 Å². The molecule has 0 saturated carbocycles. The molecule has 1 atom stereocenters. The Morgan fingerprint density at radius 2 is 2.00 bits per heavy atom. The summed E-state index contributed by atoms with van der Waals surface area (Å²) in [6, 6.07) is 6.93. The summed E-state index contributed by atoms with van der Waals surface area (Å²) in [4.78, 5) is 50.8. The number of urea groups is 1. The van der Waals surface area contributed by atoms with Gasteiger partial charge in [-0.15, -0.1) is 0 Å². The summed E-state index contributed by atoms with van der Waals surface area (Å²) in [7, 11) is 0. The molecule has 4 amide bonds. The van der Waals surface area contributed by atoms with Crippen LogP contribution in [0.1, 0.15) is 25.8 Å². The molecule has 0 radical (unpaired) electrons. The van der Waals surface area contributed by atoms with Crippen molar-refractivity contribution in [3.8, 4) is 0 Å². The number of nitrogens with one attached hydrogen (secondary N) is 1. The minimum Gasteiger partial charge on any atom is -0.454 e. The summed E-state index contributed by atoms with van der Waals surface area (Å²) in [6.45, 7) is 2.98. The van der Waals surface area contributed by atoms with E-state index in [0.717, 1.165) is 22.6 Å². The fourth-order valence-electron chi connectivity index (χ4n) is 3.12. The standard InChI is InChI=1S/C18H21N3O5/c1-3-18(2)16(24)21(17(25)19-18)10-15(23)26-11-14(22)20-9-8-12-6-4-5-7-13(12)20/h4-7H,3,8-11H2,1-2H3,(H,19,25)/t18-/m1/s1. The van der Waals surface area contributed by atoms with Crippen molar-refractivity contribution in [3.05, 3.63) is 29.8 Å². The molecular formula is C18H21N3O5. The Bertz CT molecular complexity index is 778. The number of nitrogens with zero attached hydrogens (tertiary/aromatic N) is 2. The van der Waals surface area contributed by atoms with Gasteiger partial charge in [0.15, 0.2) is 6.61 Å². The van der Waals surface area contributed by atoms with Gasteiger partial charge in [0.25, 0.3) is 11.8 Å². The number of carbonyl (C=O) groups excluding carboxylic acids is 4. The molecule has 1 aromatic rings. The number of hydrogen-bond acceptors (Lipinski definition) is 5. The molecule has 0 aliphatic carbocycles. The number of benzene rings is 1. The molecule has 0 unspecified atom stereocenters. The van der Waals surface area contributed by atoms with E-state index < -0.39 is 36.6 Å². The zero-order chi connectivity index (χ0) is 18.9. The van der Waals surface area contributed by atoms with Crippen molar-refractivity contribution in [2.75, 3.05) is 24.6 Å². The van der Waals surface area contributed by atoms with Crippen LogP contribution in [-0.4, -0.2) is 54.0 Å². The first-order valence-electron chi connectivity index (χ1n) is 8.53. The average molecular weight is 359 g/mol. The van der Waals surface area contributed by atoms with Gasteiger partial charge >= 0.3 is 12.0 Å². The van der Waals surface area contributed by atoms with E-state index in [-0.39, 0.29) is 5.91 Å². The number of carbonyl (C=O) groups is 4. The smallest absolute Gasteiger partial charge is 0.326 e. The predicted molar refractivity (Wildman–Crippen MR) is 92.4 cm³/mol. The number of esters is 1. The van der Waals surface area contributed by atoms with Crippen LogP contribution in [0.3, 0.4) is 0 Å². The number of anilines is 1. The predicted octanol–water partition coefficient (Wildman–Crippen LogP) is 0.839. The zero-order valence-electron chi connectivity index (χ0n) is 14.8. The number of amides is 4. The van der Waals surface area contributed by atoms with Crippen molar-refractivity contribution >= 4 is 29.5 Å². The van der Waals surface area contributed by atoms with E-state index >= 15 is 0 Å². The SMILES string of the molecule is CC[C@@]1(C)NC(=O)N(CC(=O)OCC(=O)N2CCc3ccccc32)C1=O. The zero-order valence-corrected chi connectivity index (χ0v) is 14.8. The first-order valence-corrected chi connectivity index (χ1v) is 8.53. The highest BCUT2D eigenvalue weighted by Gasteiger charge is 2.47. The molecule has 26 heavy (non-hydrogen) atoms. The van der Waals surface area contributed by atoms with Gasteiger partial charge in [-0.1, -0.05) is 25.1 Å². The minimum atomic E-state index is -1.01. The summed E-state index contributed by atoms with van der Waals surface area (Å²) in [6.07, 6.45) is 1.17. The minimum absolute atomic E-state index is 0.334. The second-order valence-corrected chi connectivity index (χ2v) is 6.59. The number of para-hydroxylation sites is 1. The highest BCUT2D eigenvalue weighted by Crippen LogP contribution is 2.27. The number of ether oxygens (including phenoxy) is 1. The van der Waals surface area contributed by atoms with Crippen molar-refractivity contribution in [2.24, 2.45) is 0 Å². The Kier molecular flexibility index (Phi) is 4.67. The van der Waals surface area contributed by atoms with Crippen LogP contribution in [0, 0.1) is 0 Å². The molecule has 1 saturated heterocycles. The first-order chi connectivity index (χ1) is 12.4. The summed E-state index contributed by atoms with van der Waals surface area (Å²) in [5.41, 5.74) is 0.888. The maximum atomic E-state index is 12.3. The second-order valence-electron chi connectivity index (χ2n) is 6.59. The van der Waals surface area contributed by atoms with Crippen LogP contribution in [-0.2, 0) is 25.5 Å². The van der Waals surface area contributed by atoms with E-state index in [2.05, 4.69) is 5.32 Å². The van der Waals surface area contributed by atoms with Gasteiger partial charge in [-0.2, -0.15) is 0 Å². The molecule has 1 aromatic carbocycles. The van der Waals surface area contributed by atoms with Gasteiger partial charge in [0, 0.05) is 12.2 Å². The van der Waals surface area contributed by atoms with Gasteiger partial charge in [0.05, 0.1) is 0 Å². The molecule has 2 aliphatic heterocycles. The van der Waals surface area contributed by atoms with Crippen LogP contribution >= 0.6 is 0 Å². The number of hydrogen-bond donors (Lipinski definition) is 1. The molecule has 8 nitrogen and oxygen atoms in total. The summed E-state index contributed by atoms with van der Waals surface area (Å²) in [5.74, 6) is -1.60. The summed E-state index contributed by atoms with van der Waals surface area (Å²) in [5, 5.41) is 2.56. The summed E-state index contributed by atoms with van der Waals surface area (Å²) >= 11 is 0. The Morgan fingerprint density at radius 3 is 2.69 bits per heavy atom. The van der Waals surface area contributed by atoms with Crippen molar-refractivity contribution in [1.82, 2.24) is 10.2 Å². The van der Waals surface area contributed by atoms with Gasteiger partial charge in [-0.3, -0.25) is 19.3 Å². The van der Waals surface area contributed by atoms with Crippen molar-refractivity contribution in [3.63, 3.8) is 0 Å². The normalized spacial score (nSPS) is 21.6. The third kappa shape index (κ3) is 3.14. The van der Waals surface area contributed by atoms with E-state index in [9.17, 15) is 19.2 Å². The third-order valence-corrected chi connectivity index (χ3v) is 4.88. The first kappa shape index (κ1) is 17.9. The monoisotopic (exact) mass is 359 g/mol. The lowest BCUT2D eigenvalue weighted by molar-refractivity contribution is -0.150. The number of rotatable bonds is 5. The van der Waals surface area contributed by atoms with Gasteiger partial charge < -0.3 is 15.0 Å². The van der Waals surface area contributed by atoms with Gasteiger partial charge in [-0.25, -0.2) is 4.79 Å². The van der Waals surface area contributed by atoms with Crippen LogP contribution in [0.25, 0.3) is 0 Å². The Morgan fingerprint density at radius 1 is 1.27 bits per heavy atom. The van der Waals surface area contributed by atoms with Crippen molar-refractivity contribution in [2.45, 2.75) is 32.2 Å². The molecule has 2 aliphatic rings. The maximum absolute atomic E-state index is 12.3. The lowest BCUT2D eigenvalue weighted by Gasteiger charge is -2.19. The lowest BCUT2D eigenvalue weighted by atomic mass is 9.99. The molecule has 1 N–H and O–H groups in total. The molecule has 0 bridgehead atoms. The molecule has 2 heterocycles. The van der Waals surface area contributed by atoms with Crippen LogP contribution in [0.15, 0.2) is 24.3 Å². The van der Waals surface area contributed by atoms with Crippen molar-refractivity contribution < 1.29 is 23.9 Å². The Balaban J connectivity index is 1.54. The average Bonchev–Trinajstić information content (AvgIpc) is 3.15. The van der Waals surface area contributed by atoms with E-state index in [1.807, 2.05) is 24.3 Å². The third-order valence-electron chi connectivity index (χ3n) is 4.88. The highest BCUT2D eigenvalue weighted by atomic mass is 16.5. The van der Waals surface area contributed by atoms with Crippen LogP contribution in [0.2, 0.25) is 0 Å². The quantitative estimate of drug-likeness (QED) is 0.621. The Hall–Kier alpha value is -2.90. The van der Waals surface area contributed by atoms with Crippen LogP contribution in [0.4, 0.5) is 10.5 Å². The van der Waals surface area contributed by atoms with E-state index in [4.69, 9.17) is 4.74 Å². The highest BCUT2D eigenvalue weighted by molar-refractivity contribution is 6.08. The van der Waals surface area contributed by atoms with Crippen molar-refractivity contribution in [1.29, 1.82) is 0 Å². The fourth-order valence-corrected chi connectivity index (χ4v) is 3.12. The molecule has 0 aromatic heterocycles. The Labute approximate surface area is 151 Å². The van der Waals surface area contributed by atoms with E-state index in [1.165, 1.54) is 0 Å². The summed E-state index contributed by atoms with van der Waals surface area (Å²) < 4.78 is 4.99. The lowest BCUT2D eigenvalue weighted by Crippen LogP contribution is -2.43. The topological polar surface area (TPSA) is 96.0 Å². The number of fused-ring (bicyclic) bond motifs is 1. The van der Waals surface area contributed by atoms with E-state index in [0.29, 0.717) is 13.0 Å². The maximum Gasteiger partial charge on any atom is 0.326 e. The van der Waals surface area contributed by atoms with E-state index in [1.54, 1.807) is 18.7 Å². The molecule has 138 valence electrons. The molecule has 1 fully saturated rings. The van der Waals surface area contributed by atoms with Crippen LogP contribution < -0.4 is 10.2 Å². The fraction of sp³-hybridized carbons (Fsp3) is 0.444. The second kappa shape index (κ2) is 6.78. The molecule has 0 spiro atoms.